The third-order valence-electron chi connectivity index (χ3n) is 4.71. The summed E-state index contributed by atoms with van der Waals surface area (Å²) in [4.78, 5) is 28.3. The second-order valence-electron chi connectivity index (χ2n) is 6.97. The molecule has 0 saturated carbocycles. The van der Waals surface area contributed by atoms with Gasteiger partial charge in [0.15, 0.2) is 5.82 Å². The van der Waals surface area contributed by atoms with Crippen LogP contribution in [0, 0.1) is 13.8 Å². The number of hydrogen-bond acceptors (Lipinski definition) is 6. The molecule has 0 aliphatic rings. The lowest BCUT2D eigenvalue weighted by molar-refractivity contribution is -0.137. The maximum absolute atomic E-state index is 12.8. The van der Waals surface area contributed by atoms with E-state index in [2.05, 4.69) is 25.9 Å². The zero-order valence-corrected chi connectivity index (χ0v) is 17.6. The van der Waals surface area contributed by atoms with E-state index in [9.17, 15) is 22.8 Å². The van der Waals surface area contributed by atoms with E-state index in [1.807, 2.05) is 25.5 Å². The summed E-state index contributed by atoms with van der Waals surface area (Å²) in [7, 11) is 0. The van der Waals surface area contributed by atoms with Gasteiger partial charge in [0, 0.05) is 30.0 Å². The third kappa shape index (κ3) is 5.31. The fourth-order valence-corrected chi connectivity index (χ4v) is 3.08. The topological polar surface area (TPSA) is 115 Å². The molecule has 1 aromatic carbocycles. The fraction of sp³-hybridized carbons (Fsp3) is 0.350. The van der Waals surface area contributed by atoms with Crippen LogP contribution < -0.4 is 10.6 Å². The average molecular weight is 450 g/mol. The molecule has 0 spiro atoms. The summed E-state index contributed by atoms with van der Waals surface area (Å²) in [5.41, 5.74) is 1.69. The number of rotatable bonds is 7. The van der Waals surface area contributed by atoms with E-state index in [1.54, 1.807) is 0 Å². The Labute approximate surface area is 181 Å². The van der Waals surface area contributed by atoms with Gasteiger partial charge >= 0.3 is 18.0 Å². The van der Waals surface area contributed by atoms with Crippen molar-refractivity contribution in [2.75, 3.05) is 5.32 Å². The second kappa shape index (κ2) is 9.20. The summed E-state index contributed by atoms with van der Waals surface area (Å²) in [6.45, 7) is 6.62. The molecule has 0 aliphatic carbocycles. The largest absolute Gasteiger partial charge is 0.416 e. The number of carbonyl (C=O) groups excluding carboxylic acids is 2. The van der Waals surface area contributed by atoms with Crippen molar-refractivity contribution in [3.63, 3.8) is 0 Å². The van der Waals surface area contributed by atoms with Crippen LogP contribution in [0.3, 0.4) is 0 Å². The molecule has 12 heteroatoms. The van der Waals surface area contributed by atoms with Crippen molar-refractivity contribution in [3.05, 3.63) is 58.5 Å². The van der Waals surface area contributed by atoms with Gasteiger partial charge in [0.2, 0.25) is 5.91 Å². The van der Waals surface area contributed by atoms with Crippen LogP contribution in [0.5, 0.6) is 0 Å². The minimum atomic E-state index is -4.52. The van der Waals surface area contributed by atoms with Crippen molar-refractivity contribution in [1.29, 1.82) is 0 Å². The maximum atomic E-state index is 12.8. The van der Waals surface area contributed by atoms with Gasteiger partial charge in [-0.1, -0.05) is 11.2 Å². The van der Waals surface area contributed by atoms with E-state index >= 15 is 0 Å². The zero-order chi connectivity index (χ0) is 23.5. The molecule has 32 heavy (non-hydrogen) atoms. The Morgan fingerprint density at radius 2 is 1.97 bits per heavy atom. The molecular weight excluding hydrogens is 429 g/mol. The maximum Gasteiger partial charge on any atom is 0.416 e. The summed E-state index contributed by atoms with van der Waals surface area (Å²) in [5, 5.41) is 13.0. The number of aromatic nitrogens is 4. The highest BCUT2D eigenvalue weighted by atomic mass is 19.4. The highest BCUT2D eigenvalue weighted by Crippen LogP contribution is 2.30. The van der Waals surface area contributed by atoms with Crippen LogP contribution in [-0.4, -0.2) is 31.7 Å². The molecule has 2 amide bonds. The van der Waals surface area contributed by atoms with Crippen LogP contribution in [0.4, 0.5) is 18.9 Å². The SMILES string of the molecule is CCn1nc(C)c(CNC(=O)c2nc(CC(=O)Nc3cccc(C(F)(F)F)c3)no2)c1C. The van der Waals surface area contributed by atoms with Gasteiger partial charge in [-0.2, -0.15) is 23.3 Å². The van der Waals surface area contributed by atoms with Crippen molar-refractivity contribution in [1.82, 2.24) is 25.2 Å². The van der Waals surface area contributed by atoms with Crippen LogP contribution in [0.25, 0.3) is 0 Å². The zero-order valence-electron chi connectivity index (χ0n) is 17.6. The summed E-state index contributed by atoms with van der Waals surface area (Å²) in [5.74, 6) is -1.68. The number of hydrogen-bond donors (Lipinski definition) is 2. The molecule has 0 radical (unpaired) electrons. The van der Waals surface area contributed by atoms with E-state index in [1.165, 1.54) is 12.1 Å². The standard InChI is InChI=1S/C20H21F3N6O3/c1-4-29-12(3)15(11(2)27-29)10-24-18(31)19-26-16(28-32-19)9-17(30)25-14-7-5-6-13(8-14)20(21,22)23/h5-8H,4,9-10H2,1-3H3,(H,24,31)(H,25,30). The number of nitrogens with zero attached hydrogens (tertiary/aromatic N) is 4. The number of halogens is 3. The van der Waals surface area contributed by atoms with Crippen molar-refractivity contribution in [2.45, 2.75) is 46.5 Å². The van der Waals surface area contributed by atoms with Gasteiger partial charge < -0.3 is 15.2 Å². The van der Waals surface area contributed by atoms with Gasteiger partial charge in [0.05, 0.1) is 17.7 Å². The van der Waals surface area contributed by atoms with Crippen LogP contribution in [0.1, 0.15) is 45.9 Å². The molecule has 0 atom stereocenters. The quantitative estimate of drug-likeness (QED) is 0.572. The highest BCUT2D eigenvalue weighted by molar-refractivity contribution is 5.92. The number of carbonyl (C=O) groups is 2. The van der Waals surface area contributed by atoms with E-state index < -0.39 is 23.6 Å². The molecule has 0 unspecified atom stereocenters. The highest BCUT2D eigenvalue weighted by Gasteiger charge is 2.30. The monoisotopic (exact) mass is 450 g/mol. The number of amides is 2. The van der Waals surface area contributed by atoms with Gasteiger partial charge in [-0.3, -0.25) is 14.3 Å². The van der Waals surface area contributed by atoms with Crippen molar-refractivity contribution in [3.8, 4) is 0 Å². The summed E-state index contributed by atoms with van der Waals surface area (Å²) < 4.78 is 45.1. The first-order chi connectivity index (χ1) is 15.1. The number of alkyl halides is 3. The first-order valence-corrected chi connectivity index (χ1v) is 9.69. The Morgan fingerprint density at radius 1 is 1.22 bits per heavy atom. The van der Waals surface area contributed by atoms with Gasteiger partial charge in [0.25, 0.3) is 0 Å². The first-order valence-electron chi connectivity index (χ1n) is 9.69. The predicted molar refractivity (Wildman–Crippen MR) is 107 cm³/mol. The van der Waals surface area contributed by atoms with Crippen LogP contribution >= 0.6 is 0 Å². The Bertz CT molecular complexity index is 1140. The molecule has 3 aromatic rings. The molecule has 2 heterocycles. The lowest BCUT2D eigenvalue weighted by Gasteiger charge is -2.09. The number of benzene rings is 1. The Morgan fingerprint density at radius 3 is 2.62 bits per heavy atom. The predicted octanol–water partition coefficient (Wildman–Crippen LogP) is 3.03. The minimum Gasteiger partial charge on any atom is -0.344 e. The second-order valence-corrected chi connectivity index (χ2v) is 6.97. The molecule has 2 N–H and O–H groups in total. The minimum absolute atomic E-state index is 0.0235. The Kier molecular flexibility index (Phi) is 6.61. The Balaban J connectivity index is 1.58. The van der Waals surface area contributed by atoms with E-state index in [0.29, 0.717) is 6.54 Å². The van der Waals surface area contributed by atoms with Crippen LogP contribution in [-0.2, 0) is 30.5 Å². The van der Waals surface area contributed by atoms with Crippen molar-refractivity contribution in [2.24, 2.45) is 0 Å². The summed E-state index contributed by atoms with van der Waals surface area (Å²) >= 11 is 0. The Hall–Kier alpha value is -3.70. The smallest absolute Gasteiger partial charge is 0.344 e. The van der Waals surface area contributed by atoms with E-state index in [0.717, 1.165) is 29.1 Å². The first kappa shape index (κ1) is 23.0. The van der Waals surface area contributed by atoms with Gasteiger partial charge in [-0.15, -0.1) is 0 Å². The van der Waals surface area contributed by atoms with Crippen molar-refractivity contribution >= 4 is 17.5 Å². The summed E-state index contributed by atoms with van der Waals surface area (Å²) in [6, 6.07) is 4.23. The van der Waals surface area contributed by atoms with Gasteiger partial charge in [0.1, 0.15) is 0 Å². The fourth-order valence-electron chi connectivity index (χ4n) is 3.08. The number of nitrogens with one attached hydrogen (secondary N) is 2. The van der Waals surface area contributed by atoms with Gasteiger partial charge in [-0.25, -0.2) is 0 Å². The molecule has 3 rings (SSSR count). The van der Waals surface area contributed by atoms with Crippen LogP contribution in [0.15, 0.2) is 28.8 Å². The third-order valence-corrected chi connectivity index (χ3v) is 4.71. The molecule has 0 fully saturated rings. The molecular formula is C20H21F3N6O3. The normalized spacial score (nSPS) is 11.4. The summed E-state index contributed by atoms with van der Waals surface area (Å²) in [6.07, 6.45) is -4.91. The molecule has 9 nitrogen and oxygen atoms in total. The lowest BCUT2D eigenvalue weighted by atomic mass is 10.2. The molecule has 170 valence electrons. The van der Waals surface area contributed by atoms with Crippen molar-refractivity contribution < 1.29 is 27.3 Å². The molecule has 2 aromatic heterocycles. The van der Waals surface area contributed by atoms with Gasteiger partial charge in [-0.05, 0) is 39.0 Å². The van der Waals surface area contributed by atoms with E-state index in [4.69, 9.17) is 4.52 Å². The molecule has 0 aliphatic heterocycles. The van der Waals surface area contributed by atoms with Crippen LogP contribution in [0.2, 0.25) is 0 Å². The lowest BCUT2D eigenvalue weighted by Crippen LogP contribution is -2.24. The molecule has 0 saturated heterocycles. The number of anilines is 1. The molecule has 0 bridgehead atoms. The average Bonchev–Trinajstić information content (AvgIpc) is 3.30. The number of aryl methyl sites for hydroxylation is 2. The van der Waals surface area contributed by atoms with E-state index in [-0.39, 0.29) is 30.4 Å².